The van der Waals surface area contributed by atoms with Gasteiger partial charge in [-0.2, -0.15) is 0 Å². The Kier molecular flexibility index (Phi) is 4.09. The van der Waals surface area contributed by atoms with Gasteiger partial charge in [0.05, 0.1) is 0 Å². The summed E-state index contributed by atoms with van der Waals surface area (Å²) in [5, 5.41) is 3.20. The Bertz CT molecular complexity index is 74.5. The molecule has 0 spiro atoms. The van der Waals surface area contributed by atoms with Crippen LogP contribution in [0.2, 0.25) is 0 Å². The fourth-order valence-corrected chi connectivity index (χ4v) is 1.60. The van der Waals surface area contributed by atoms with Crippen LogP contribution in [-0.2, 0) is 10.7 Å². The van der Waals surface area contributed by atoms with Crippen molar-refractivity contribution in [2.24, 2.45) is 0 Å². The molecule has 3 heteroatoms. The van der Waals surface area contributed by atoms with Gasteiger partial charge in [-0.25, -0.2) is 0 Å². The smallest absolute Gasteiger partial charge is 0.0164 e. The van der Waals surface area contributed by atoms with Gasteiger partial charge in [-0.3, -0.25) is 4.78 Å². The van der Waals surface area contributed by atoms with Crippen LogP contribution < -0.4 is 5.32 Å². The van der Waals surface area contributed by atoms with Crippen LogP contribution in [-0.4, -0.2) is 24.6 Å². The Hall–Kier alpha value is 0.110. The minimum absolute atomic E-state index is 0. The molecule has 1 aliphatic rings. The van der Waals surface area contributed by atoms with Crippen molar-refractivity contribution in [3.63, 3.8) is 0 Å². The fourth-order valence-electron chi connectivity index (χ4n) is 0.618. The lowest BCUT2D eigenvalue weighted by Crippen LogP contribution is -2.31. The highest BCUT2D eigenvalue weighted by Crippen LogP contribution is 1.86. The highest BCUT2D eigenvalue weighted by Gasteiger charge is 1.99. The predicted octanol–water partition coefficient (Wildman–Crippen LogP) is 0.606. The molecule has 50 valence electrons. The second-order valence-corrected chi connectivity index (χ2v) is 3.45. The summed E-state index contributed by atoms with van der Waals surface area (Å²) in [5.41, 5.74) is 0. The molecule has 1 saturated heterocycles. The quantitative estimate of drug-likeness (QED) is 0.500. The molecule has 0 aromatic heterocycles. The number of hydrogen-bond donors (Lipinski definition) is 2. The summed E-state index contributed by atoms with van der Waals surface area (Å²) in [5.74, 6) is 2.14. The molecule has 2 nitrogen and oxygen atoms in total. The molecule has 0 radical (unpaired) electrons. The molecular weight excluding hydrogens is 120 g/mol. The molecular formula is C5H14N2S. The van der Waals surface area contributed by atoms with E-state index >= 15 is 0 Å². The van der Waals surface area contributed by atoms with Crippen molar-refractivity contribution < 1.29 is 0 Å². The third kappa shape index (κ3) is 2.43. The van der Waals surface area contributed by atoms with Crippen molar-refractivity contribution in [3.8, 4) is 0 Å². The Labute approximate surface area is 53.6 Å². The van der Waals surface area contributed by atoms with Gasteiger partial charge >= 0.3 is 0 Å². The van der Waals surface area contributed by atoms with Crippen LogP contribution in [0, 0.1) is 4.78 Å². The summed E-state index contributed by atoms with van der Waals surface area (Å²) in [7, 11) is -0.00270. The summed E-state index contributed by atoms with van der Waals surface area (Å²) >= 11 is 0. The highest BCUT2D eigenvalue weighted by molar-refractivity contribution is 7.86. The van der Waals surface area contributed by atoms with E-state index < -0.39 is 0 Å². The van der Waals surface area contributed by atoms with Crippen LogP contribution in [0.1, 0.15) is 7.43 Å². The molecule has 8 heavy (non-hydrogen) atoms. The van der Waals surface area contributed by atoms with Gasteiger partial charge < -0.3 is 5.32 Å². The lowest BCUT2D eigenvalue weighted by Gasteiger charge is -2.12. The van der Waals surface area contributed by atoms with Gasteiger partial charge in [-0.1, -0.05) is 7.43 Å². The van der Waals surface area contributed by atoms with Crippen LogP contribution in [0.5, 0.6) is 0 Å². The maximum atomic E-state index is 7.26. The van der Waals surface area contributed by atoms with Crippen molar-refractivity contribution in [2.45, 2.75) is 7.43 Å². The van der Waals surface area contributed by atoms with Gasteiger partial charge in [-0.05, 0) is 0 Å². The van der Waals surface area contributed by atoms with Gasteiger partial charge in [0, 0.05) is 24.6 Å². The molecule has 1 fully saturated rings. The van der Waals surface area contributed by atoms with E-state index in [0.717, 1.165) is 24.6 Å². The molecule has 0 aliphatic carbocycles. The van der Waals surface area contributed by atoms with E-state index in [1.807, 2.05) is 0 Å². The summed E-state index contributed by atoms with van der Waals surface area (Å²) in [6, 6.07) is 0. The summed E-state index contributed by atoms with van der Waals surface area (Å²) in [6.07, 6.45) is 0. The van der Waals surface area contributed by atoms with Crippen LogP contribution >= 0.6 is 0 Å². The first-order chi connectivity index (χ1) is 3.39. The topological polar surface area (TPSA) is 35.9 Å². The van der Waals surface area contributed by atoms with E-state index in [2.05, 4.69) is 5.32 Å². The van der Waals surface area contributed by atoms with Crippen LogP contribution in [0.3, 0.4) is 0 Å². The summed E-state index contributed by atoms with van der Waals surface area (Å²) < 4.78 is 7.26. The van der Waals surface area contributed by atoms with Gasteiger partial charge in [0.2, 0.25) is 0 Å². The van der Waals surface area contributed by atoms with Gasteiger partial charge in [0.25, 0.3) is 0 Å². The molecule has 1 aliphatic heterocycles. The molecule has 0 aromatic carbocycles. The third-order valence-electron chi connectivity index (χ3n) is 1.05. The van der Waals surface area contributed by atoms with Gasteiger partial charge in [0.1, 0.15) is 0 Å². The zero-order valence-electron chi connectivity index (χ0n) is 4.24. The van der Waals surface area contributed by atoms with Crippen molar-refractivity contribution in [3.05, 3.63) is 0 Å². The number of rotatable bonds is 0. The van der Waals surface area contributed by atoms with Crippen molar-refractivity contribution >= 4 is 10.7 Å². The average molecular weight is 134 g/mol. The zero-order valence-corrected chi connectivity index (χ0v) is 5.05. The maximum absolute atomic E-state index is 7.26. The van der Waals surface area contributed by atoms with Crippen molar-refractivity contribution in [2.75, 3.05) is 24.6 Å². The molecule has 0 unspecified atom stereocenters. The molecule has 1 rings (SSSR count). The average Bonchev–Trinajstić information content (AvgIpc) is 1.69. The minimum atomic E-state index is -0.00270. The van der Waals surface area contributed by atoms with Crippen LogP contribution in [0.4, 0.5) is 0 Å². The monoisotopic (exact) mass is 134 g/mol. The molecule has 0 amide bonds. The van der Waals surface area contributed by atoms with Crippen molar-refractivity contribution in [1.82, 2.24) is 5.32 Å². The molecule has 0 atom stereocenters. The Morgan fingerprint density at radius 3 is 2.00 bits per heavy atom. The largest absolute Gasteiger partial charge is 0.315 e. The second-order valence-electron chi connectivity index (χ2n) is 1.65. The maximum Gasteiger partial charge on any atom is 0.0164 e. The van der Waals surface area contributed by atoms with E-state index in [-0.39, 0.29) is 18.1 Å². The minimum Gasteiger partial charge on any atom is -0.315 e. The number of nitrogens with one attached hydrogen (secondary N) is 2. The first-order valence-corrected chi connectivity index (χ1v) is 4.05. The molecule has 0 saturated carbocycles. The second kappa shape index (κ2) is 4.04. The first kappa shape index (κ1) is 8.11. The van der Waals surface area contributed by atoms with Gasteiger partial charge in [0.15, 0.2) is 0 Å². The fraction of sp³-hybridized carbons (Fsp3) is 1.00. The molecule has 0 aromatic rings. The summed E-state index contributed by atoms with van der Waals surface area (Å²) in [6.45, 7) is 2.12. The highest BCUT2D eigenvalue weighted by atomic mass is 32.2. The third-order valence-corrected chi connectivity index (χ3v) is 2.44. The normalized spacial score (nSPS) is 22.0. The number of hydrogen-bond acceptors (Lipinski definition) is 2. The Balaban J connectivity index is 0.000000490. The van der Waals surface area contributed by atoms with E-state index in [1.165, 1.54) is 0 Å². The van der Waals surface area contributed by atoms with E-state index in [0.29, 0.717) is 0 Å². The lowest BCUT2D eigenvalue weighted by molar-refractivity contribution is 0.751. The molecule has 0 bridgehead atoms. The predicted molar refractivity (Wildman–Crippen MR) is 39.4 cm³/mol. The summed E-state index contributed by atoms with van der Waals surface area (Å²) in [4.78, 5) is 0. The van der Waals surface area contributed by atoms with Gasteiger partial charge in [-0.15, -0.1) is 10.7 Å². The Morgan fingerprint density at radius 2 is 1.75 bits per heavy atom. The van der Waals surface area contributed by atoms with Crippen molar-refractivity contribution in [1.29, 1.82) is 4.78 Å². The van der Waals surface area contributed by atoms with Crippen LogP contribution in [0.25, 0.3) is 0 Å². The van der Waals surface area contributed by atoms with E-state index in [1.54, 1.807) is 0 Å². The molecule has 2 N–H and O–H groups in total. The SMILES string of the molecule is C.N=S1CCNCC1. The van der Waals surface area contributed by atoms with Crippen LogP contribution in [0.15, 0.2) is 0 Å². The zero-order chi connectivity index (χ0) is 5.11. The van der Waals surface area contributed by atoms with E-state index in [4.69, 9.17) is 4.78 Å². The standard InChI is InChI=1S/C4H10N2S.CH4/c5-7-3-1-6-2-4-7;/h5-6H,1-4H2;1H4. The lowest BCUT2D eigenvalue weighted by atomic mass is 10.6. The first-order valence-electron chi connectivity index (χ1n) is 2.49. The van der Waals surface area contributed by atoms with E-state index in [9.17, 15) is 0 Å². The molecule has 1 heterocycles. The Morgan fingerprint density at radius 1 is 1.25 bits per heavy atom.